The summed E-state index contributed by atoms with van der Waals surface area (Å²) in [6, 6.07) is 85.1. The maximum Gasteiger partial charge on any atom is 0.0512 e. The van der Waals surface area contributed by atoms with E-state index in [1.807, 2.05) is 11.3 Å². The van der Waals surface area contributed by atoms with E-state index >= 15 is 0 Å². The maximum atomic E-state index is 2.83. The minimum absolute atomic E-state index is 0.0770. The number of benzene rings is 12. The highest BCUT2D eigenvalue weighted by Gasteiger charge is 2.63. The first-order valence-corrected chi connectivity index (χ1v) is 33.4. The van der Waals surface area contributed by atoms with Crippen molar-refractivity contribution in [2.75, 3.05) is 9.80 Å². The Bertz CT molecular complexity index is 5100. The molecule has 1 heterocycles. The van der Waals surface area contributed by atoms with Crippen LogP contribution in [0.5, 0.6) is 0 Å². The third-order valence-corrected chi connectivity index (χ3v) is 23.5. The molecule has 6 aliphatic rings. The van der Waals surface area contributed by atoms with Gasteiger partial charge in [0.05, 0.1) is 5.69 Å². The number of hydrogen-bond donors (Lipinski definition) is 0. The van der Waals surface area contributed by atoms with E-state index in [9.17, 15) is 0 Å². The van der Waals surface area contributed by atoms with Crippen LogP contribution < -0.4 is 9.80 Å². The average Bonchev–Trinajstić information content (AvgIpc) is 1.48. The lowest BCUT2D eigenvalue weighted by Gasteiger charge is -2.61. The summed E-state index contributed by atoms with van der Waals surface area (Å²) in [5, 5.41) is 13.0. The van der Waals surface area contributed by atoms with Crippen LogP contribution in [0, 0.1) is 23.7 Å². The van der Waals surface area contributed by atoms with Crippen LogP contribution in [0.3, 0.4) is 0 Å². The van der Waals surface area contributed by atoms with Crippen molar-refractivity contribution in [3.8, 4) is 22.3 Å². The second kappa shape index (κ2) is 18.5. The zero-order chi connectivity index (χ0) is 59.3. The predicted molar refractivity (Wildman–Crippen MR) is 377 cm³/mol. The Balaban J connectivity index is 0.892. The number of hydrogen-bond acceptors (Lipinski definition) is 3. The summed E-state index contributed by atoms with van der Waals surface area (Å²) in [4.78, 5) is 5.28. The summed E-state index contributed by atoms with van der Waals surface area (Å²) in [5.41, 5.74) is 21.4. The second-order valence-corrected chi connectivity index (χ2v) is 30.8. The van der Waals surface area contributed by atoms with Crippen molar-refractivity contribution in [1.29, 1.82) is 0 Å². The number of nitrogens with zero attached hydrogens (tertiary/aromatic N) is 2. The number of anilines is 6. The Labute approximate surface area is 522 Å². The van der Waals surface area contributed by atoms with Gasteiger partial charge in [-0.25, -0.2) is 0 Å². The third kappa shape index (κ3) is 7.40. The van der Waals surface area contributed by atoms with E-state index in [1.54, 1.807) is 11.1 Å². The molecule has 430 valence electrons. The van der Waals surface area contributed by atoms with Crippen molar-refractivity contribution in [2.24, 2.45) is 23.7 Å². The molecule has 0 saturated heterocycles. The van der Waals surface area contributed by atoms with Crippen molar-refractivity contribution in [3.05, 3.63) is 252 Å². The molecule has 0 unspecified atom stereocenters. The highest BCUT2D eigenvalue weighted by molar-refractivity contribution is 7.25. The van der Waals surface area contributed by atoms with E-state index in [2.05, 4.69) is 284 Å². The number of fused-ring (bicyclic) bond motifs is 16. The molecule has 2 nitrogen and oxygen atoms in total. The highest BCUT2D eigenvalue weighted by Crippen LogP contribution is 2.73. The molecule has 19 rings (SSSR count). The lowest BCUT2D eigenvalue weighted by molar-refractivity contribution is -0.0398. The van der Waals surface area contributed by atoms with Crippen LogP contribution in [0.4, 0.5) is 34.1 Å². The van der Waals surface area contributed by atoms with Crippen LogP contribution in [0.1, 0.15) is 121 Å². The average molecular weight is 1160 g/mol. The van der Waals surface area contributed by atoms with E-state index in [0.717, 1.165) is 11.8 Å². The smallest absolute Gasteiger partial charge is 0.0512 e. The zero-order valence-corrected chi connectivity index (χ0v) is 52.7. The third-order valence-electron chi connectivity index (χ3n) is 22.4. The fourth-order valence-corrected chi connectivity index (χ4v) is 20.1. The molecule has 12 aromatic carbocycles. The van der Waals surface area contributed by atoms with Crippen molar-refractivity contribution < 1.29 is 0 Å². The van der Waals surface area contributed by atoms with Crippen molar-refractivity contribution in [1.82, 2.24) is 0 Å². The minimum atomic E-state index is -0.299. The van der Waals surface area contributed by atoms with E-state index in [4.69, 9.17) is 0 Å². The molecule has 0 amide bonds. The molecule has 0 N–H and O–H groups in total. The van der Waals surface area contributed by atoms with Gasteiger partial charge in [-0.15, -0.1) is 11.3 Å². The van der Waals surface area contributed by atoms with Crippen LogP contribution in [-0.2, 0) is 21.7 Å². The second-order valence-electron chi connectivity index (χ2n) is 29.7. The van der Waals surface area contributed by atoms with Gasteiger partial charge in [0.2, 0.25) is 0 Å². The number of rotatable bonds is 6. The van der Waals surface area contributed by atoms with Gasteiger partial charge >= 0.3 is 0 Å². The van der Waals surface area contributed by atoms with E-state index in [-0.39, 0.29) is 21.7 Å². The zero-order valence-electron chi connectivity index (χ0n) is 51.9. The first-order valence-electron chi connectivity index (χ1n) is 32.6. The minimum Gasteiger partial charge on any atom is -0.310 e. The molecular weight excluding hydrogens is 1080 g/mol. The van der Waals surface area contributed by atoms with Crippen LogP contribution in [0.15, 0.2) is 218 Å². The Hall–Kier alpha value is -8.50. The predicted octanol–water partition coefficient (Wildman–Crippen LogP) is 24.2. The summed E-state index contributed by atoms with van der Waals surface area (Å²) < 4.78 is 2.72. The Morgan fingerprint density at radius 3 is 1.47 bits per heavy atom. The van der Waals surface area contributed by atoms with Crippen LogP contribution in [-0.4, -0.2) is 0 Å². The van der Waals surface area contributed by atoms with Gasteiger partial charge in [-0.05, 0) is 232 Å². The van der Waals surface area contributed by atoms with Gasteiger partial charge in [-0.2, -0.15) is 0 Å². The largest absolute Gasteiger partial charge is 0.310 e. The highest BCUT2D eigenvalue weighted by atomic mass is 32.1. The fraction of sp³-hybridized carbons (Fsp3) is 0.247. The van der Waals surface area contributed by atoms with Crippen molar-refractivity contribution in [2.45, 2.75) is 109 Å². The standard InChI is InChI=1S/C85H74N2S/c1-82(2,3)70-25-15-17-27-74(70)86(58-33-36-63-54(44-58)31-29-52-19-9-11-21-61(52)63)60-35-38-65-67-47-72-68(48-78(67)88-77(65)46-60)79-73(85(72)56-40-50-39-51(42-56)43-57(85)41-50)49-76(81-80(79)66-23-13-14-24-69(66)84(81,7)8)87(75-28-18-16-26-71(75)83(4,5)6)59-34-37-64-55(45-59)32-30-53-20-10-12-22-62(53)64/h9-38,44-51,56-57H,39-43H2,1-8H3. The molecule has 4 fully saturated rings. The molecule has 0 radical (unpaired) electrons. The normalized spacial score (nSPS) is 20.4. The topological polar surface area (TPSA) is 6.48 Å². The van der Waals surface area contributed by atoms with Gasteiger partial charge in [0.1, 0.15) is 0 Å². The first kappa shape index (κ1) is 52.6. The monoisotopic (exact) mass is 1150 g/mol. The molecule has 6 aliphatic carbocycles. The Morgan fingerprint density at radius 1 is 0.364 bits per heavy atom. The molecule has 4 bridgehead atoms. The molecule has 1 spiro atoms. The summed E-state index contributed by atoms with van der Waals surface area (Å²) in [6.45, 7) is 19.3. The summed E-state index contributed by atoms with van der Waals surface area (Å²) in [6.07, 6.45) is 6.69. The number of para-hydroxylation sites is 2. The summed E-state index contributed by atoms with van der Waals surface area (Å²) >= 11 is 1.99. The maximum absolute atomic E-state index is 2.83. The summed E-state index contributed by atoms with van der Waals surface area (Å²) in [5.74, 6) is 2.79. The molecule has 13 aromatic rings. The molecule has 88 heavy (non-hydrogen) atoms. The number of thiophene rings is 1. The lowest BCUT2D eigenvalue weighted by Crippen LogP contribution is -2.55. The van der Waals surface area contributed by atoms with Crippen LogP contribution >= 0.6 is 11.3 Å². The van der Waals surface area contributed by atoms with Gasteiger partial charge in [-0.3, -0.25) is 0 Å². The molecule has 0 aliphatic heterocycles. The fourth-order valence-electron chi connectivity index (χ4n) is 18.9. The Morgan fingerprint density at radius 2 is 0.852 bits per heavy atom. The quantitative estimate of drug-likeness (QED) is 0.153. The van der Waals surface area contributed by atoms with E-state index in [1.165, 1.54) is 174 Å². The molecule has 1 aromatic heterocycles. The van der Waals surface area contributed by atoms with Crippen LogP contribution in [0.2, 0.25) is 0 Å². The van der Waals surface area contributed by atoms with Crippen molar-refractivity contribution in [3.63, 3.8) is 0 Å². The molecular formula is C85H74N2S. The SMILES string of the molecule is CC(C)(C)c1ccccc1N(c1ccc2c(ccc3ccccc32)c1)c1ccc2c(c1)sc1cc3c(cc12)C1(c2cc(N(c4ccc5c(ccc6ccccc65)c4)c4ccccc4C(C)(C)C)c4c(c2-3)-c2ccccc2C4(C)C)C2CC3CC(C2)CC1C3. The van der Waals surface area contributed by atoms with Gasteiger partial charge in [0.15, 0.2) is 0 Å². The van der Waals surface area contributed by atoms with Gasteiger partial charge in [0.25, 0.3) is 0 Å². The van der Waals surface area contributed by atoms with Crippen molar-refractivity contribution >= 4 is 109 Å². The Kier molecular flexibility index (Phi) is 11.1. The molecule has 0 atom stereocenters. The van der Waals surface area contributed by atoms with Gasteiger partial charge < -0.3 is 9.80 Å². The first-order chi connectivity index (χ1) is 42.6. The lowest BCUT2D eigenvalue weighted by atomic mass is 9.43. The molecule has 3 heteroatoms. The van der Waals surface area contributed by atoms with E-state index in [0.29, 0.717) is 11.8 Å². The summed E-state index contributed by atoms with van der Waals surface area (Å²) in [7, 11) is 0. The molecule has 4 saturated carbocycles. The van der Waals surface area contributed by atoms with Gasteiger partial charge in [0, 0.05) is 59.4 Å². The van der Waals surface area contributed by atoms with Crippen LogP contribution in [0.25, 0.3) is 85.5 Å². The van der Waals surface area contributed by atoms with Gasteiger partial charge in [-0.1, -0.05) is 207 Å². The van der Waals surface area contributed by atoms with E-state index < -0.39 is 0 Å².